The summed E-state index contributed by atoms with van der Waals surface area (Å²) in [5, 5.41) is 13.6. The second-order valence-corrected chi connectivity index (χ2v) is 11.7. The topological polar surface area (TPSA) is 144 Å². The molecular weight excluding hydrogens is 587 g/mol. The van der Waals surface area contributed by atoms with Gasteiger partial charge in [-0.05, 0) is 73.5 Å². The number of ether oxygens (including phenoxy) is 1. The van der Waals surface area contributed by atoms with E-state index in [-0.39, 0.29) is 36.5 Å². The van der Waals surface area contributed by atoms with Gasteiger partial charge in [-0.1, -0.05) is 36.8 Å². The molecule has 1 atom stereocenters. The number of nitrogens with one attached hydrogen (secondary N) is 2. The van der Waals surface area contributed by atoms with Crippen molar-refractivity contribution in [3.05, 3.63) is 77.6 Å². The highest BCUT2D eigenvalue weighted by Crippen LogP contribution is 2.31. The Morgan fingerprint density at radius 2 is 1.76 bits per heavy atom. The average Bonchev–Trinajstić information content (AvgIpc) is 2.91. The highest BCUT2D eigenvalue weighted by atomic mass is 35.5. The lowest BCUT2D eigenvalue weighted by atomic mass is 9.97. The van der Waals surface area contributed by atoms with Crippen molar-refractivity contribution in [2.45, 2.75) is 50.7 Å². The van der Waals surface area contributed by atoms with Gasteiger partial charge in [0.2, 0.25) is 10.0 Å². The quantitative estimate of drug-likeness (QED) is 0.229. The summed E-state index contributed by atoms with van der Waals surface area (Å²) in [6.07, 6.45) is 9.31. The van der Waals surface area contributed by atoms with E-state index in [9.17, 15) is 18.3 Å². The number of amides is 1. The molecule has 3 aromatic rings. The van der Waals surface area contributed by atoms with Crippen LogP contribution in [-0.2, 0) is 16.4 Å². The third kappa shape index (κ3) is 10.2. The fourth-order valence-electron chi connectivity index (χ4n) is 4.71. The zero-order valence-electron chi connectivity index (χ0n) is 22.9. The molecule has 0 spiro atoms. The Morgan fingerprint density at radius 3 is 2.41 bits per heavy atom. The maximum Gasteiger partial charge on any atom is 0.268 e. The van der Waals surface area contributed by atoms with Crippen LogP contribution >= 0.6 is 24.8 Å². The Bertz CT molecular complexity index is 1380. The Morgan fingerprint density at radius 1 is 1.07 bits per heavy atom. The number of nitrogens with two attached hydrogens (primary N) is 1. The molecule has 0 unspecified atom stereocenters. The largest absolute Gasteiger partial charge is 0.490 e. The maximum absolute atomic E-state index is 12.7. The number of nitrogen functional groups attached to an aromatic ring is 1. The highest BCUT2D eigenvalue weighted by Gasteiger charge is 2.21. The molecule has 2 aromatic carbocycles. The first kappa shape index (κ1) is 34.3. The zero-order valence-corrected chi connectivity index (χ0v) is 25.4. The van der Waals surface area contributed by atoms with Gasteiger partial charge in [0.1, 0.15) is 5.75 Å². The van der Waals surface area contributed by atoms with E-state index in [0.717, 1.165) is 55.1 Å². The molecule has 0 bridgehead atoms. The average molecular weight is 626 g/mol. The number of rotatable bonds is 11. The van der Waals surface area contributed by atoms with E-state index in [1.165, 1.54) is 6.42 Å². The first-order valence-electron chi connectivity index (χ1n) is 13.2. The molecule has 0 radical (unpaired) electrons. The Labute approximate surface area is 254 Å². The molecule has 1 aromatic heterocycles. The Kier molecular flexibility index (Phi) is 13.3. The number of anilines is 1. The van der Waals surface area contributed by atoms with Crippen LogP contribution in [0.2, 0.25) is 0 Å². The molecule has 1 aliphatic carbocycles. The summed E-state index contributed by atoms with van der Waals surface area (Å²) in [4.78, 5) is 16.7. The van der Waals surface area contributed by atoms with Crippen LogP contribution in [-0.4, -0.2) is 49.9 Å². The second kappa shape index (κ2) is 15.9. The minimum atomic E-state index is -3.70. The molecule has 1 fully saturated rings. The Balaban J connectivity index is 0.00000294. The van der Waals surface area contributed by atoms with Gasteiger partial charge >= 0.3 is 0 Å². The van der Waals surface area contributed by atoms with Crippen molar-refractivity contribution < 1.29 is 23.1 Å². The Hall–Kier alpha value is -2.89. The molecule has 0 aliphatic heterocycles. The monoisotopic (exact) mass is 624 g/mol. The smallest absolute Gasteiger partial charge is 0.268 e. The van der Waals surface area contributed by atoms with E-state index in [0.29, 0.717) is 30.1 Å². The number of sulfonamides is 1. The number of halogens is 2. The number of pyridine rings is 1. The van der Waals surface area contributed by atoms with Crippen molar-refractivity contribution in [1.82, 2.24) is 15.0 Å². The van der Waals surface area contributed by atoms with E-state index in [1.54, 1.807) is 30.6 Å². The van der Waals surface area contributed by atoms with Crippen molar-refractivity contribution >= 4 is 46.4 Å². The third-order valence-electron chi connectivity index (χ3n) is 6.81. The fraction of sp³-hybridized carbons (Fsp3) is 0.379. The summed E-state index contributed by atoms with van der Waals surface area (Å²) < 4.78 is 31.6. The maximum atomic E-state index is 12.7. The summed E-state index contributed by atoms with van der Waals surface area (Å²) in [5.74, 6) is -0.310. The molecule has 1 amide bonds. The van der Waals surface area contributed by atoms with Crippen LogP contribution in [0.3, 0.4) is 0 Å². The second-order valence-electron chi connectivity index (χ2n) is 9.96. The van der Waals surface area contributed by atoms with E-state index >= 15 is 0 Å². The van der Waals surface area contributed by atoms with Crippen molar-refractivity contribution in [2.75, 3.05) is 25.1 Å². The number of aliphatic hydroxyl groups excluding tert-OH is 1. The molecule has 4 rings (SSSR count). The number of carbonyl (C=O) groups excluding carboxylic acids is 1. The van der Waals surface area contributed by atoms with Crippen LogP contribution in [0.4, 0.5) is 5.69 Å². The molecule has 1 saturated carbocycles. The van der Waals surface area contributed by atoms with Gasteiger partial charge in [0.25, 0.3) is 5.91 Å². The minimum absolute atomic E-state index is 0. The van der Waals surface area contributed by atoms with Gasteiger partial charge in [-0.15, -0.1) is 24.8 Å². The molecule has 224 valence electrons. The number of hydrogen-bond donors (Lipinski definition) is 4. The number of benzene rings is 2. The molecular formula is C29H38Cl2N4O5S. The van der Waals surface area contributed by atoms with Gasteiger partial charge in [0.05, 0.1) is 24.0 Å². The minimum Gasteiger partial charge on any atom is -0.490 e. The molecule has 5 N–H and O–H groups in total. The molecule has 1 heterocycles. The lowest BCUT2D eigenvalue weighted by Gasteiger charge is -2.24. The predicted molar refractivity (Wildman–Crippen MR) is 166 cm³/mol. The van der Waals surface area contributed by atoms with Crippen molar-refractivity contribution in [3.8, 4) is 16.9 Å². The van der Waals surface area contributed by atoms with Gasteiger partial charge in [-0.3, -0.25) is 9.78 Å². The van der Waals surface area contributed by atoms with E-state index in [2.05, 4.69) is 10.3 Å². The standard InChI is InChI=1S/C29H36N4O5S.2ClH/c1-39(36,37)33-29(35)24-12-11-22(17-28(24)38-23-5-3-2-4-6-23)21-9-7-20(8-10-21)13-15-32-19-27(34)25-18-31-16-14-26(25)30;;/h7-12,14,16-18,23,27,32,34H,2-6,13,15,19H2,1H3,(H2,30,31)(H,33,35);2*1H/t27-;;/m0../s1. The SMILES string of the molecule is CS(=O)(=O)NC(=O)c1ccc(-c2ccc(CCNC[C@H](O)c3cnccc3N)cc2)cc1OC1CCCCC1.Cl.Cl. The van der Waals surface area contributed by atoms with Crippen LogP contribution in [0.5, 0.6) is 5.75 Å². The lowest BCUT2D eigenvalue weighted by Crippen LogP contribution is -2.30. The summed E-state index contributed by atoms with van der Waals surface area (Å²) in [5.41, 5.74) is 10.2. The number of aliphatic hydroxyl groups is 1. The van der Waals surface area contributed by atoms with Crippen LogP contribution in [0.25, 0.3) is 11.1 Å². The van der Waals surface area contributed by atoms with Gasteiger partial charge in [0, 0.05) is 30.2 Å². The molecule has 12 heteroatoms. The predicted octanol–water partition coefficient (Wildman–Crippen LogP) is 4.44. The lowest BCUT2D eigenvalue weighted by molar-refractivity contribution is 0.0969. The first-order chi connectivity index (χ1) is 18.7. The molecule has 1 aliphatic rings. The summed E-state index contributed by atoms with van der Waals surface area (Å²) in [6, 6.07) is 15.0. The first-order valence-corrected chi connectivity index (χ1v) is 15.1. The van der Waals surface area contributed by atoms with Gasteiger partial charge < -0.3 is 20.9 Å². The number of carbonyl (C=O) groups is 1. The number of aromatic nitrogens is 1. The highest BCUT2D eigenvalue weighted by molar-refractivity contribution is 7.89. The summed E-state index contributed by atoms with van der Waals surface area (Å²) in [7, 11) is -3.70. The number of hydrogen-bond acceptors (Lipinski definition) is 8. The van der Waals surface area contributed by atoms with Crippen molar-refractivity contribution in [3.63, 3.8) is 0 Å². The summed E-state index contributed by atoms with van der Waals surface area (Å²) in [6.45, 7) is 1.05. The van der Waals surface area contributed by atoms with Crippen molar-refractivity contribution in [1.29, 1.82) is 0 Å². The molecule has 0 saturated heterocycles. The van der Waals surface area contributed by atoms with Crippen molar-refractivity contribution in [2.24, 2.45) is 0 Å². The van der Waals surface area contributed by atoms with Crippen LogP contribution in [0.15, 0.2) is 60.9 Å². The molecule has 41 heavy (non-hydrogen) atoms. The molecule has 9 nitrogen and oxygen atoms in total. The third-order valence-corrected chi connectivity index (χ3v) is 7.37. The van der Waals surface area contributed by atoms with E-state index in [1.807, 2.05) is 35.1 Å². The van der Waals surface area contributed by atoms with Crippen LogP contribution < -0.4 is 20.5 Å². The zero-order chi connectivity index (χ0) is 27.8. The van der Waals surface area contributed by atoms with Crippen LogP contribution in [0.1, 0.15) is 59.7 Å². The van der Waals surface area contributed by atoms with Gasteiger partial charge in [-0.2, -0.15) is 0 Å². The van der Waals surface area contributed by atoms with E-state index in [4.69, 9.17) is 10.5 Å². The number of nitrogens with zero attached hydrogens (tertiary/aromatic N) is 1. The van der Waals surface area contributed by atoms with Crippen LogP contribution in [0, 0.1) is 0 Å². The fourth-order valence-corrected chi connectivity index (χ4v) is 5.16. The van der Waals surface area contributed by atoms with Gasteiger partial charge in [0.15, 0.2) is 0 Å². The normalized spacial score (nSPS) is 14.3. The van der Waals surface area contributed by atoms with Gasteiger partial charge in [-0.25, -0.2) is 13.1 Å². The summed E-state index contributed by atoms with van der Waals surface area (Å²) >= 11 is 0. The van der Waals surface area contributed by atoms with E-state index < -0.39 is 22.0 Å².